The molecule has 4 heteroatoms. The quantitative estimate of drug-likeness (QED) is 0.855. The summed E-state index contributed by atoms with van der Waals surface area (Å²) >= 11 is 0. The Hall–Kier alpha value is -1.94. The lowest BCUT2D eigenvalue weighted by molar-refractivity contribution is -0.121. The number of aromatic nitrogens is 1. The van der Waals surface area contributed by atoms with Gasteiger partial charge >= 0.3 is 0 Å². The third-order valence-corrected chi connectivity index (χ3v) is 3.67. The first-order valence-corrected chi connectivity index (χ1v) is 6.57. The van der Waals surface area contributed by atoms with Gasteiger partial charge in [-0.1, -0.05) is 18.2 Å². The molecule has 0 saturated carbocycles. The van der Waals surface area contributed by atoms with Gasteiger partial charge in [-0.3, -0.25) is 14.5 Å². The van der Waals surface area contributed by atoms with E-state index in [1.807, 2.05) is 24.3 Å². The van der Waals surface area contributed by atoms with Gasteiger partial charge in [0.25, 0.3) is 0 Å². The van der Waals surface area contributed by atoms with Crippen LogP contribution in [0.3, 0.4) is 0 Å². The number of fused-ring (bicyclic) bond motifs is 1. The van der Waals surface area contributed by atoms with Crippen molar-refractivity contribution in [2.45, 2.75) is 12.8 Å². The molecule has 3 rings (SSSR count). The van der Waals surface area contributed by atoms with Crippen LogP contribution >= 0.6 is 0 Å². The van der Waals surface area contributed by atoms with Crippen molar-refractivity contribution in [1.82, 2.24) is 9.88 Å². The van der Waals surface area contributed by atoms with E-state index < -0.39 is 0 Å². The van der Waals surface area contributed by atoms with Gasteiger partial charge in [-0.05, 0) is 6.07 Å². The van der Waals surface area contributed by atoms with Gasteiger partial charge in [0, 0.05) is 48.6 Å². The van der Waals surface area contributed by atoms with Crippen LogP contribution in [-0.4, -0.2) is 41.1 Å². The highest BCUT2D eigenvalue weighted by Gasteiger charge is 2.20. The number of carbonyl (C=O) groups excluding carboxylic acids is 2. The zero-order valence-corrected chi connectivity index (χ0v) is 10.7. The fraction of sp³-hybridized carbons (Fsp3) is 0.333. The van der Waals surface area contributed by atoms with Crippen LogP contribution in [0.4, 0.5) is 0 Å². The van der Waals surface area contributed by atoms with Gasteiger partial charge in [-0.15, -0.1) is 0 Å². The Kier molecular flexibility index (Phi) is 3.17. The lowest BCUT2D eigenvalue weighted by Gasteiger charge is -2.24. The molecule has 0 bridgehead atoms. The Morgan fingerprint density at radius 3 is 2.74 bits per heavy atom. The molecular weight excluding hydrogens is 240 g/mol. The maximum Gasteiger partial charge on any atom is 0.178 e. The van der Waals surface area contributed by atoms with E-state index in [4.69, 9.17) is 0 Å². The van der Waals surface area contributed by atoms with E-state index in [2.05, 4.69) is 9.88 Å². The molecule has 19 heavy (non-hydrogen) atoms. The highest BCUT2D eigenvalue weighted by Crippen LogP contribution is 2.19. The standard InChI is InChI=1S/C15H16N2O2/c18-11-5-7-17(8-6-11)10-15(19)13-9-16-14-4-2-1-3-12(13)14/h1-4,9,16H,5-8,10H2. The molecule has 0 unspecified atom stereocenters. The SMILES string of the molecule is O=C1CCN(CC(=O)c2c[nH]c3ccccc23)CC1. The van der Waals surface area contributed by atoms with E-state index in [0.29, 0.717) is 38.3 Å². The number of para-hydroxylation sites is 1. The third-order valence-electron chi connectivity index (χ3n) is 3.67. The van der Waals surface area contributed by atoms with Gasteiger partial charge < -0.3 is 4.98 Å². The molecule has 4 nitrogen and oxygen atoms in total. The molecule has 1 aromatic carbocycles. The third kappa shape index (κ3) is 2.44. The average molecular weight is 256 g/mol. The highest BCUT2D eigenvalue weighted by atomic mass is 16.1. The number of aromatic amines is 1. The van der Waals surface area contributed by atoms with Gasteiger partial charge in [0.1, 0.15) is 5.78 Å². The molecule has 0 radical (unpaired) electrons. The molecule has 0 spiro atoms. The first-order chi connectivity index (χ1) is 9.24. The number of rotatable bonds is 3. The lowest BCUT2D eigenvalue weighted by Crippen LogP contribution is -2.37. The molecule has 1 aliphatic heterocycles. The molecule has 1 aliphatic rings. The molecule has 2 heterocycles. The summed E-state index contributed by atoms with van der Waals surface area (Å²) in [6.07, 6.45) is 2.92. The number of likely N-dealkylation sites (tertiary alicyclic amines) is 1. The second kappa shape index (κ2) is 4.97. The molecule has 0 amide bonds. The molecule has 2 aromatic rings. The van der Waals surface area contributed by atoms with Crippen LogP contribution in [0.5, 0.6) is 0 Å². The van der Waals surface area contributed by atoms with E-state index >= 15 is 0 Å². The van der Waals surface area contributed by atoms with Gasteiger partial charge in [-0.2, -0.15) is 0 Å². The summed E-state index contributed by atoms with van der Waals surface area (Å²) in [4.78, 5) is 28.7. The highest BCUT2D eigenvalue weighted by molar-refractivity contribution is 6.08. The Bertz CT molecular complexity index is 620. The predicted octanol–water partition coefficient (Wildman–Crippen LogP) is 2.02. The number of ketones is 2. The normalized spacial score (nSPS) is 16.9. The first-order valence-electron chi connectivity index (χ1n) is 6.57. The molecule has 1 saturated heterocycles. The number of carbonyl (C=O) groups is 2. The van der Waals surface area contributed by atoms with Crippen LogP contribution in [0, 0.1) is 0 Å². The number of H-pyrrole nitrogens is 1. The van der Waals surface area contributed by atoms with E-state index in [-0.39, 0.29) is 5.78 Å². The van der Waals surface area contributed by atoms with Crippen molar-refractivity contribution in [2.75, 3.05) is 19.6 Å². The van der Waals surface area contributed by atoms with E-state index in [9.17, 15) is 9.59 Å². The number of nitrogens with one attached hydrogen (secondary N) is 1. The minimum Gasteiger partial charge on any atom is -0.360 e. The summed E-state index contributed by atoms with van der Waals surface area (Å²) in [6.45, 7) is 1.80. The van der Waals surface area contributed by atoms with E-state index in [1.165, 1.54) is 0 Å². The van der Waals surface area contributed by atoms with Crippen molar-refractivity contribution in [3.63, 3.8) is 0 Å². The second-order valence-electron chi connectivity index (χ2n) is 4.99. The van der Waals surface area contributed by atoms with Crippen LogP contribution in [0.1, 0.15) is 23.2 Å². The number of Topliss-reactive ketones (excluding diaryl/α,β-unsaturated/α-hetero) is 2. The minimum absolute atomic E-state index is 0.117. The Morgan fingerprint density at radius 1 is 1.21 bits per heavy atom. The lowest BCUT2D eigenvalue weighted by atomic mass is 10.1. The largest absolute Gasteiger partial charge is 0.360 e. The average Bonchev–Trinajstić information content (AvgIpc) is 2.85. The summed E-state index contributed by atoms with van der Waals surface area (Å²) in [7, 11) is 0. The summed E-state index contributed by atoms with van der Waals surface area (Å²) < 4.78 is 0. The van der Waals surface area contributed by atoms with Crippen LogP contribution in [0.25, 0.3) is 10.9 Å². The number of hydrogen-bond donors (Lipinski definition) is 1. The van der Waals surface area contributed by atoms with E-state index in [0.717, 1.165) is 16.5 Å². The van der Waals surface area contributed by atoms with Gasteiger partial charge in [0.15, 0.2) is 5.78 Å². The summed E-state index contributed by atoms with van der Waals surface area (Å²) in [5.74, 6) is 0.419. The van der Waals surface area contributed by atoms with Gasteiger partial charge in [0.2, 0.25) is 0 Å². The number of nitrogens with zero attached hydrogens (tertiary/aromatic N) is 1. The summed E-state index contributed by atoms with van der Waals surface area (Å²) in [6, 6.07) is 7.81. The molecule has 1 N–H and O–H groups in total. The fourth-order valence-corrected chi connectivity index (χ4v) is 2.55. The monoisotopic (exact) mass is 256 g/mol. The topological polar surface area (TPSA) is 53.2 Å². The summed E-state index contributed by atoms with van der Waals surface area (Å²) in [5, 5.41) is 0.973. The van der Waals surface area contributed by atoms with Crippen LogP contribution in [0.15, 0.2) is 30.5 Å². The number of piperidine rings is 1. The maximum atomic E-state index is 12.3. The maximum absolute atomic E-state index is 12.3. The Morgan fingerprint density at radius 2 is 1.95 bits per heavy atom. The van der Waals surface area contributed by atoms with Crippen molar-refractivity contribution in [3.05, 3.63) is 36.0 Å². The predicted molar refractivity (Wildman–Crippen MR) is 73.3 cm³/mol. The van der Waals surface area contributed by atoms with Crippen LogP contribution < -0.4 is 0 Å². The Labute approximate surface area is 111 Å². The molecule has 98 valence electrons. The summed E-state index contributed by atoms with van der Waals surface area (Å²) in [5.41, 5.74) is 1.73. The molecular formula is C15H16N2O2. The number of benzene rings is 1. The minimum atomic E-state index is 0.117. The van der Waals surface area contributed by atoms with Crippen molar-refractivity contribution in [2.24, 2.45) is 0 Å². The van der Waals surface area contributed by atoms with Crippen molar-refractivity contribution in [1.29, 1.82) is 0 Å². The van der Waals surface area contributed by atoms with Gasteiger partial charge in [-0.25, -0.2) is 0 Å². The van der Waals surface area contributed by atoms with E-state index in [1.54, 1.807) is 6.20 Å². The smallest absolute Gasteiger partial charge is 0.178 e. The van der Waals surface area contributed by atoms with Gasteiger partial charge in [0.05, 0.1) is 6.54 Å². The molecule has 0 aliphatic carbocycles. The zero-order valence-electron chi connectivity index (χ0n) is 10.7. The molecule has 1 fully saturated rings. The number of hydrogen-bond acceptors (Lipinski definition) is 3. The van der Waals surface area contributed by atoms with Crippen LogP contribution in [0.2, 0.25) is 0 Å². The zero-order chi connectivity index (χ0) is 13.2. The first kappa shape index (κ1) is 12.1. The molecule has 0 atom stereocenters. The molecule has 1 aromatic heterocycles. The van der Waals surface area contributed by atoms with Crippen molar-refractivity contribution >= 4 is 22.5 Å². The van der Waals surface area contributed by atoms with Crippen LogP contribution in [-0.2, 0) is 4.79 Å². The second-order valence-corrected chi connectivity index (χ2v) is 4.99. The Balaban J connectivity index is 1.75. The van der Waals surface area contributed by atoms with Crippen molar-refractivity contribution < 1.29 is 9.59 Å². The van der Waals surface area contributed by atoms with Crippen molar-refractivity contribution in [3.8, 4) is 0 Å². The fourth-order valence-electron chi connectivity index (χ4n) is 2.55.